The highest BCUT2D eigenvalue weighted by Crippen LogP contribution is 2.25. The van der Waals surface area contributed by atoms with Gasteiger partial charge in [0.05, 0.1) is 4.90 Å². The maximum atomic E-state index is 12.8. The summed E-state index contributed by atoms with van der Waals surface area (Å²) < 4.78 is 32.0. The van der Waals surface area contributed by atoms with Crippen LogP contribution >= 0.6 is 11.6 Å². The second-order valence-corrected chi connectivity index (χ2v) is 8.83. The molecule has 2 aromatic rings. The first-order valence-corrected chi connectivity index (χ1v) is 10.4. The minimum atomic E-state index is -3.65. The van der Waals surface area contributed by atoms with E-state index < -0.39 is 10.0 Å². The van der Waals surface area contributed by atoms with E-state index in [2.05, 4.69) is 10.1 Å². The third kappa shape index (κ3) is 4.48. The molecule has 10 heteroatoms. The van der Waals surface area contributed by atoms with Gasteiger partial charge in [-0.05, 0) is 24.6 Å². The molecule has 3 rings (SSSR count). The molecule has 1 aliphatic heterocycles. The molecular formula is C17H21ClN4O4S. The first-order valence-electron chi connectivity index (χ1n) is 8.59. The summed E-state index contributed by atoms with van der Waals surface area (Å²) in [6, 6.07) is 6.01. The Bertz CT molecular complexity index is 931. The van der Waals surface area contributed by atoms with Crippen molar-refractivity contribution in [2.75, 3.05) is 19.6 Å². The summed E-state index contributed by atoms with van der Waals surface area (Å²) in [6.07, 6.45) is 1.03. The zero-order chi connectivity index (χ0) is 19.6. The molecule has 1 amide bonds. The van der Waals surface area contributed by atoms with Gasteiger partial charge in [-0.1, -0.05) is 22.8 Å². The van der Waals surface area contributed by atoms with Crippen molar-refractivity contribution in [2.24, 2.45) is 0 Å². The standard InChI is InChI=1S/C17H21ClN4O4S/c1-12-19-17(20-26-12)7-9-22(13(2)23)15-6-8-21(11-15)27(24,25)16-5-3-4-14(18)10-16/h3-5,10,15H,6-9,11H2,1-2H3. The van der Waals surface area contributed by atoms with Crippen molar-refractivity contribution in [3.63, 3.8) is 0 Å². The van der Waals surface area contributed by atoms with Gasteiger partial charge in [0.1, 0.15) is 0 Å². The Kier molecular flexibility index (Phi) is 5.83. The molecule has 1 aromatic heterocycles. The zero-order valence-electron chi connectivity index (χ0n) is 15.1. The first kappa shape index (κ1) is 19.8. The lowest BCUT2D eigenvalue weighted by Crippen LogP contribution is -2.42. The fourth-order valence-corrected chi connectivity index (χ4v) is 5.01. The molecule has 0 N–H and O–H groups in total. The highest BCUT2D eigenvalue weighted by Gasteiger charge is 2.36. The van der Waals surface area contributed by atoms with E-state index in [4.69, 9.17) is 16.1 Å². The number of benzene rings is 1. The minimum Gasteiger partial charge on any atom is -0.340 e. The van der Waals surface area contributed by atoms with E-state index in [1.165, 1.54) is 23.4 Å². The largest absolute Gasteiger partial charge is 0.340 e. The molecule has 1 unspecified atom stereocenters. The van der Waals surface area contributed by atoms with Crippen molar-refractivity contribution in [3.8, 4) is 0 Å². The van der Waals surface area contributed by atoms with Crippen LogP contribution in [0.5, 0.6) is 0 Å². The van der Waals surface area contributed by atoms with Crippen LogP contribution in [-0.2, 0) is 21.2 Å². The molecule has 1 saturated heterocycles. The van der Waals surface area contributed by atoms with Crippen LogP contribution in [0.3, 0.4) is 0 Å². The van der Waals surface area contributed by atoms with Gasteiger partial charge in [0.25, 0.3) is 0 Å². The number of sulfonamides is 1. The van der Waals surface area contributed by atoms with E-state index in [9.17, 15) is 13.2 Å². The van der Waals surface area contributed by atoms with Gasteiger partial charge in [-0.2, -0.15) is 9.29 Å². The number of hydrogen-bond donors (Lipinski definition) is 0. The summed E-state index contributed by atoms with van der Waals surface area (Å²) in [4.78, 5) is 18.1. The number of aryl methyl sites for hydroxylation is 1. The SMILES string of the molecule is CC(=O)N(CCc1noc(C)n1)C1CCN(S(=O)(=O)c2cccc(Cl)c2)C1. The number of amides is 1. The fraction of sp³-hybridized carbons (Fsp3) is 0.471. The van der Waals surface area contributed by atoms with Crippen molar-refractivity contribution in [2.45, 2.75) is 37.6 Å². The monoisotopic (exact) mass is 412 g/mol. The Hall–Kier alpha value is -1.97. The molecule has 1 atom stereocenters. The summed E-state index contributed by atoms with van der Waals surface area (Å²) in [7, 11) is -3.65. The van der Waals surface area contributed by atoms with Gasteiger partial charge in [-0.25, -0.2) is 8.42 Å². The molecule has 0 bridgehead atoms. The quantitative estimate of drug-likeness (QED) is 0.718. The van der Waals surface area contributed by atoms with Gasteiger partial charge in [0.2, 0.25) is 21.8 Å². The molecule has 1 aromatic carbocycles. The Balaban J connectivity index is 1.69. The molecular weight excluding hydrogens is 392 g/mol. The molecule has 1 aliphatic rings. The Morgan fingerprint density at radius 3 is 2.85 bits per heavy atom. The lowest BCUT2D eigenvalue weighted by molar-refractivity contribution is -0.130. The van der Waals surface area contributed by atoms with Crippen molar-refractivity contribution in [1.29, 1.82) is 0 Å². The van der Waals surface area contributed by atoms with Crippen LogP contribution in [0, 0.1) is 6.92 Å². The molecule has 0 radical (unpaired) electrons. The number of hydrogen-bond acceptors (Lipinski definition) is 6. The zero-order valence-corrected chi connectivity index (χ0v) is 16.7. The minimum absolute atomic E-state index is 0.109. The third-order valence-electron chi connectivity index (χ3n) is 4.55. The lowest BCUT2D eigenvalue weighted by Gasteiger charge is -2.27. The van der Waals surface area contributed by atoms with Crippen molar-refractivity contribution < 1.29 is 17.7 Å². The predicted molar refractivity (Wildman–Crippen MR) is 98.7 cm³/mol. The van der Waals surface area contributed by atoms with Gasteiger partial charge in [0, 0.05) is 51.0 Å². The molecule has 0 aliphatic carbocycles. The van der Waals surface area contributed by atoms with Crippen LogP contribution in [-0.4, -0.2) is 59.3 Å². The maximum Gasteiger partial charge on any atom is 0.243 e. The van der Waals surface area contributed by atoms with E-state index in [-0.39, 0.29) is 23.4 Å². The van der Waals surface area contributed by atoms with Gasteiger partial charge in [-0.3, -0.25) is 4.79 Å². The van der Waals surface area contributed by atoms with E-state index in [0.29, 0.717) is 42.7 Å². The van der Waals surface area contributed by atoms with Crippen molar-refractivity contribution in [3.05, 3.63) is 41.0 Å². The normalized spacial score (nSPS) is 18.0. The van der Waals surface area contributed by atoms with Crippen LogP contribution in [0.4, 0.5) is 0 Å². The number of carbonyl (C=O) groups excluding carboxylic acids is 1. The van der Waals surface area contributed by atoms with Crippen molar-refractivity contribution >= 4 is 27.5 Å². The number of aromatic nitrogens is 2. The molecule has 27 heavy (non-hydrogen) atoms. The number of rotatable bonds is 6. The van der Waals surface area contributed by atoms with Crippen LogP contribution < -0.4 is 0 Å². The Morgan fingerprint density at radius 2 is 2.22 bits per heavy atom. The van der Waals surface area contributed by atoms with Gasteiger partial charge < -0.3 is 9.42 Å². The Morgan fingerprint density at radius 1 is 1.44 bits per heavy atom. The van der Waals surface area contributed by atoms with Crippen LogP contribution in [0.1, 0.15) is 25.1 Å². The van der Waals surface area contributed by atoms with Crippen LogP contribution in [0.2, 0.25) is 5.02 Å². The van der Waals surface area contributed by atoms with E-state index >= 15 is 0 Å². The highest BCUT2D eigenvalue weighted by atomic mass is 35.5. The number of halogens is 1. The summed E-state index contributed by atoms with van der Waals surface area (Å²) in [5.41, 5.74) is 0. The van der Waals surface area contributed by atoms with Crippen LogP contribution in [0.25, 0.3) is 0 Å². The molecule has 2 heterocycles. The molecule has 146 valence electrons. The summed E-state index contributed by atoms with van der Waals surface area (Å²) >= 11 is 5.92. The number of nitrogens with zero attached hydrogens (tertiary/aromatic N) is 4. The van der Waals surface area contributed by atoms with Gasteiger partial charge in [-0.15, -0.1) is 0 Å². The van der Waals surface area contributed by atoms with E-state index in [1.807, 2.05) is 0 Å². The second kappa shape index (κ2) is 7.95. The van der Waals surface area contributed by atoms with Crippen molar-refractivity contribution in [1.82, 2.24) is 19.3 Å². The van der Waals surface area contributed by atoms with E-state index in [0.717, 1.165) is 0 Å². The summed E-state index contributed by atoms with van der Waals surface area (Å²) in [5.74, 6) is 0.890. The molecule has 1 fully saturated rings. The predicted octanol–water partition coefficient (Wildman–Crippen LogP) is 1.89. The van der Waals surface area contributed by atoms with E-state index in [1.54, 1.807) is 24.0 Å². The average Bonchev–Trinajstić information content (AvgIpc) is 3.25. The third-order valence-corrected chi connectivity index (χ3v) is 6.65. The molecule has 0 spiro atoms. The highest BCUT2D eigenvalue weighted by molar-refractivity contribution is 7.89. The second-order valence-electron chi connectivity index (χ2n) is 6.45. The average molecular weight is 413 g/mol. The Labute approximate surface area is 163 Å². The lowest BCUT2D eigenvalue weighted by atomic mass is 10.2. The molecule has 8 nitrogen and oxygen atoms in total. The smallest absolute Gasteiger partial charge is 0.243 e. The topological polar surface area (TPSA) is 96.6 Å². The van der Waals surface area contributed by atoms with Gasteiger partial charge >= 0.3 is 0 Å². The first-order chi connectivity index (χ1) is 12.8. The maximum absolute atomic E-state index is 12.8. The summed E-state index contributed by atoms with van der Waals surface area (Å²) in [5, 5.41) is 4.20. The summed E-state index contributed by atoms with van der Waals surface area (Å²) in [6.45, 7) is 4.19. The number of carbonyl (C=O) groups is 1. The fourth-order valence-electron chi connectivity index (χ4n) is 3.22. The van der Waals surface area contributed by atoms with Gasteiger partial charge in [0.15, 0.2) is 5.82 Å². The van der Waals surface area contributed by atoms with Crippen LogP contribution in [0.15, 0.2) is 33.7 Å². The molecule has 0 saturated carbocycles.